The van der Waals surface area contributed by atoms with Crippen molar-refractivity contribution in [2.75, 3.05) is 45.2 Å². The zero-order chi connectivity index (χ0) is 14.9. The first kappa shape index (κ1) is 21.4. The first-order chi connectivity index (χ1) is 10.1. The molecule has 1 saturated carbocycles. The molecule has 0 aromatic carbocycles. The third-order valence-electron chi connectivity index (χ3n) is 6.10. The summed E-state index contributed by atoms with van der Waals surface area (Å²) in [7, 11) is 4.30. The molecule has 2 heterocycles. The second-order valence-electron chi connectivity index (χ2n) is 7.33. The van der Waals surface area contributed by atoms with Gasteiger partial charge in [-0.05, 0) is 51.6 Å². The molecule has 0 radical (unpaired) electrons. The minimum Gasteiger partial charge on any atom is -0.354 e. The van der Waals surface area contributed by atoms with Crippen molar-refractivity contribution in [1.29, 1.82) is 0 Å². The quantitative estimate of drug-likeness (QED) is 0.780. The Balaban J connectivity index is 0.00000132. The van der Waals surface area contributed by atoms with Crippen molar-refractivity contribution < 1.29 is 4.79 Å². The summed E-state index contributed by atoms with van der Waals surface area (Å²) in [6, 6.07) is 0. The number of nitrogens with zero attached hydrogens (tertiary/aromatic N) is 1. The molecule has 3 rings (SSSR count). The van der Waals surface area contributed by atoms with E-state index in [1.807, 2.05) is 11.8 Å². The van der Waals surface area contributed by atoms with Crippen molar-refractivity contribution in [3.63, 3.8) is 0 Å². The first-order valence-corrected chi connectivity index (χ1v) is 9.49. The molecule has 4 nitrogen and oxygen atoms in total. The molecule has 23 heavy (non-hydrogen) atoms. The van der Waals surface area contributed by atoms with E-state index < -0.39 is 0 Å². The van der Waals surface area contributed by atoms with Gasteiger partial charge in [0.25, 0.3) is 0 Å². The molecule has 1 amide bonds. The Labute approximate surface area is 157 Å². The van der Waals surface area contributed by atoms with Gasteiger partial charge in [-0.2, -0.15) is 11.8 Å². The Hall–Kier alpha value is 0.320. The lowest BCUT2D eigenvalue weighted by atomic mass is 9.67. The van der Waals surface area contributed by atoms with Gasteiger partial charge in [-0.25, -0.2) is 0 Å². The summed E-state index contributed by atoms with van der Waals surface area (Å²) >= 11 is 2.01. The normalized spacial score (nSPS) is 36.0. The van der Waals surface area contributed by atoms with Crippen molar-refractivity contribution in [2.45, 2.75) is 37.6 Å². The van der Waals surface area contributed by atoms with E-state index in [1.54, 1.807) is 0 Å². The van der Waals surface area contributed by atoms with Gasteiger partial charge in [0.2, 0.25) is 5.91 Å². The average Bonchev–Trinajstić information content (AvgIpc) is 3.12. The highest BCUT2D eigenvalue weighted by molar-refractivity contribution is 7.99. The number of rotatable bonds is 4. The van der Waals surface area contributed by atoms with Crippen LogP contribution in [0.1, 0.15) is 32.1 Å². The van der Waals surface area contributed by atoms with Crippen molar-refractivity contribution in [3.8, 4) is 0 Å². The minimum atomic E-state index is -0.114. The van der Waals surface area contributed by atoms with E-state index in [0.29, 0.717) is 11.8 Å². The zero-order valence-corrected chi connectivity index (χ0v) is 16.7. The molecule has 0 bridgehead atoms. The van der Waals surface area contributed by atoms with Crippen LogP contribution in [-0.4, -0.2) is 61.6 Å². The predicted octanol–water partition coefficient (Wildman–Crippen LogP) is 2.16. The smallest absolute Gasteiger partial charge is 0.227 e. The molecule has 1 aliphatic carbocycles. The Morgan fingerprint density at radius 1 is 1.30 bits per heavy atom. The van der Waals surface area contributed by atoms with Gasteiger partial charge in [-0.15, -0.1) is 24.8 Å². The highest BCUT2D eigenvalue weighted by Gasteiger charge is 2.50. The predicted molar refractivity (Wildman–Crippen MR) is 103 cm³/mol. The van der Waals surface area contributed by atoms with Crippen LogP contribution in [0.4, 0.5) is 0 Å². The molecule has 2 saturated heterocycles. The van der Waals surface area contributed by atoms with Crippen LogP contribution in [0.25, 0.3) is 0 Å². The lowest BCUT2D eigenvalue weighted by molar-refractivity contribution is -0.134. The first-order valence-electron chi connectivity index (χ1n) is 8.33. The second kappa shape index (κ2) is 8.61. The van der Waals surface area contributed by atoms with E-state index in [2.05, 4.69) is 29.6 Å². The summed E-state index contributed by atoms with van der Waals surface area (Å²) in [4.78, 5) is 15.3. The topological polar surface area (TPSA) is 44.4 Å². The Kier molecular flexibility index (Phi) is 8.00. The summed E-state index contributed by atoms with van der Waals surface area (Å²) in [5, 5.41) is 6.82. The Morgan fingerprint density at radius 2 is 2.09 bits per heavy atom. The fourth-order valence-electron chi connectivity index (χ4n) is 4.36. The summed E-state index contributed by atoms with van der Waals surface area (Å²) in [6.07, 6.45) is 5.97. The molecule has 0 aromatic heterocycles. The lowest BCUT2D eigenvalue weighted by Gasteiger charge is -2.40. The molecule has 3 atom stereocenters. The molecular formula is C16H31Cl2N3OS. The standard InChI is InChI=1S/C16H29N3OS.2ClH/c1-19(2)15(7-8-21-12-15)10-18-14(20)16-6-4-3-5-13(16)9-17-11-16;;/h13,17H,3-12H2,1-2H3,(H,18,20);2*1H/t13-,15?,16+;;/m0../s1. The van der Waals surface area contributed by atoms with E-state index in [4.69, 9.17) is 0 Å². The molecule has 0 aromatic rings. The Morgan fingerprint density at radius 3 is 2.74 bits per heavy atom. The maximum absolute atomic E-state index is 12.9. The number of nitrogens with one attached hydrogen (secondary N) is 2. The van der Waals surface area contributed by atoms with Crippen LogP contribution in [0.15, 0.2) is 0 Å². The molecule has 2 N–H and O–H groups in total. The van der Waals surface area contributed by atoms with Gasteiger partial charge >= 0.3 is 0 Å². The van der Waals surface area contributed by atoms with E-state index in [1.165, 1.54) is 31.4 Å². The highest BCUT2D eigenvalue weighted by atomic mass is 35.5. The fraction of sp³-hybridized carbons (Fsp3) is 0.938. The maximum atomic E-state index is 12.9. The largest absolute Gasteiger partial charge is 0.354 e. The van der Waals surface area contributed by atoms with Gasteiger partial charge in [0.05, 0.1) is 5.41 Å². The lowest BCUT2D eigenvalue weighted by Crippen LogP contribution is -2.56. The zero-order valence-electron chi connectivity index (χ0n) is 14.2. The third-order valence-corrected chi connectivity index (χ3v) is 7.33. The molecule has 3 fully saturated rings. The molecule has 2 aliphatic heterocycles. The van der Waals surface area contributed by atoms with Crippen LogP contribution in [0.3, 0.4) is 0 Å². The third kappa shape index (κ3) is 3.95. The van der Waals surface area contributed by atoms with Crippen LogP contribution in [0, 0.1) is 11.3 Å². The van der Waals surface area contributed by atoms with Gasteiger partial charge < -0.3 is 15.5 Å². The molecule has 1 unspecified atom stereocenters. The monoisotopic (exact) mass is 383 g/mol. The number of thioether (sulfide) groups is 1. The van der Waals surface area contributed by atoms with Gasteiger partial charge in [-0.1, -0.05) is 12.8 Å². The van der Waals surface area contributed by atoms with Crippen molar-refractivity contribution >= 4 is 42.5 Å². The van der Waals surface area contributed by atoms with Crippen LogP contribution < -0.4 is 10.6 Å². The van der Waals surface area contributed by atoms with Crippen LogP contribution in [-0.2, 0) is 4.79 Å². The van der Waals surface area contributed by atoms with Crippen LogP contribution >= 0.6 is 36.6 Å². The summed E-state index contributed by atoms with van der Waals surface area (Å²) in [5.41, 5.74) is 0.0463. The van der Waals surface area contributed by atoms with E-state index in [0.717, 1.165) is 31.8 Å². The summed E-state index contributed by atoms with van der Waals surface area (Å²) < 4.78 is 0. The number of fused-ring (bicyclic) bond motifs is 1. The number of carbonyl (C=O) groups excluding carboxylic acids is 1. The number of halogens is 2. The number of carbonyl (C=O) groups is 1. The fourth-order valence-corrected chi connectivity index (χ4v) is 5.91. The highest BCUT2D eigenvalue weighted by Crippen LogP contribution is 2.44. The van der Waals surface area contributed by atoms with Crippen LogP contribution in [0.2, 0.25) is 0 Å². The van der Waals surface area contributed by atoms with Gasteiger partial charge in [0.15, 0.2) is 0 Å². The van der Waals surface area contributed by atoms with Crippen molar-refractivity contribution in [2.24, 2.45) is 11.3 Å². The maximum Gasteiger partial charge on any atom is 0.227 e. The number of likely N-dealkylation sites (N-methyl/N-ethyl adjacent to an activating group) is 1. The summed E-state index contributed by atoms with van der Waals surface area (Å²) in [6.45, 7) is 2.72. The summed E-state index contributed by atoms with van der Waals surface area (Å²) in [5.74, 6) is 3.22. The van der Waals surface area contributed by atoms with Crippen LogP contribution in [0.5, 0.6) is 0 Å². The molecular weight excluding hydrogens is 353 g/mol. The Bertz CT molecular complexity index is 405. The molecule has 7 heteroatoms. The second-order valence-corrected chi connectivity index (χ2v) is 8.44. The molecule has 0 spiro atoms. The van der Waals surface area contributed by atoms with Gasteiger partial charge in [0, 0.05) is 24.4 Å². The van der Waals surface area contributed by atoms with Crippen molar-refractivity contribution in [3.05, 3.63) is 0 Å². The van der Waals surface area contributed by atoms with E-state index >= 15 is 0 Å². The van der Waals surface area contributed by atoms with Crippen molar-refractivity contribution in [1.82, 2.24) is 15.5 Å². The SMILES string of the molecule is CN(C)C1(CNC(=O)[C@@]23CCCC[C@H]2CNC3)CCSC1.Cl.Cl. The average molecular weight is 384 g/mol. The number of hydrogen-bond donors (Lipinski definition) is 2. The molecule has 136 valence electrons. The van der Waals surface area contributed by atoms with E-state index in [9.17, 15) is 4.79 Å². The number of amides is 1. The van der Waals surface area contributed by atoms with E-state index in [-0.39, 0.29) is 35.8 Å². The minimum absolute atomic E-state index is 0. The van der Waals surface area contributed by atoms with Gasteiger partial charge in [-0.3, -0.25) is 4.79 Å². The molecule has 3 aliphatic rings. The van der Waals surface area contributed by atoms with Gasteiger partial charge in [0.1, 0.15) is 0 Å². The number of hydrogen-bond acceptors (Lipinski definition) is 4.